The molecule has 0 N–H and O–H groups in total. The number of thiophene rings is 1. The lowest BCUT2D eigenvalue weighted by atomic mass is 10.2. The normalized spacial score (nSPS) is 10.7. The largest absolute Gasteiger partial charge is 0.467 e. The quantitative estimate of drug-likeness (QED) is 0.645. The first kappa shape index (κ1) is 16.1. The highest BCUT2D eigenvalue weighted by Gasteiger charge is 2.22. The van der Waals surface area contributed by atoms with Gasteiger partial charge in [-0.2, -0.15) is 0 Å². The fourth-order valence-corrected chi connectivity index (χ4v) is 3.61. The summed E-state index contributed by atoms with van der Waals surface area (Å²) >= 11 is 13.2. The molecule has 0 spiro atoms. The summed E-state index contributed by atoms with van der Waals surface area (Å²) < 4.78 is 6.23. The molecule has 3 aromatic heterocycles. The number of aromatic nitrogens is 1. The maximum Gasteiger partial charge on any atom is 0.257 e. The van der Waals surface area contributed by atoms with Crippen molar-refractivity contribution in [1.82, 2.24) is 9.88 Å². The number of amides is 1. The lowest BCUT2D eigenvalue weighted by molar-refractivity contribution is 0.0718. The number of carbonyl (C=O) groups is 1. The number of nitrogens with zero attached hydrogens (tertiary/aromatic N) is 2. The van der Waals surface area contributed by atoms with Crippen LogP contribution in [0.3, 0.4) is 0 Å². The summed E-state index contributed by atoms with van der Waals surface area (Å²) in [5.74, 6) is 0.498. The van der Waals surface area contributed by atoms with Crippen LogP contribution in [-0.2, 0) is 13.1 Å². The molecule has 0 aliphatic heterocycles. The molecule has 3 rings (SSSR count). The molecule has 0 radical (unpaired) electrons. The van der Waals surface area contributed by atoms with Gasteiger partial charge in [0.25, 0.3) is 5.91 Å². The van der Waals surface area contributed by atoms with Crippen LogP contribution >= 0.6 is 34.5 Å². The highest BCUT2D eigenvalue weighted by Crippen LogP contribution is 2.32. The van der Waals surface area contributed by atoms with Crippen LogP contribution in [0, 0.1) is 0 Å². The monoisotopic (exact) mass is 366 g/mol. The average molecular weight is 367 g/mol. The Morgan fingerprint density at radius 2 is 2.13 bits per heavy atom. The van der Waals surface area contributed by atoms with E-state index in [4.69, 9.17) is 27.6 Å². The number of pyridine rings is 1. The van der Waals surface area contributed by atoms with Crippen LogP contribution in [0.15, 0.2) is 53.4 Å². The minimum Gasteiger partial charge on any atom is -0.467 e. The smallest absolute Gasteiger partial charge is 0.257 e. The van der Waals surface area contributed by atoms with E-state index in [1.807, 2.05) is 18.2 Å². The van der Waals surface area contributed by atoms with E-state index in [9.17, 15) is 4.79 Å². The Bertz CT molecular complexity index is 788. The molecule has 0 unspecified atom stereocenters. The number of rotatable bonds is 5. The second-order valence-electron chi connectivity index (χ2n) is 4.84. The zero-order chi connectivity index (χ0) is 16.2. The van der Waals surface area contributed by atoms with Crippen molar-refractivity contribution in [2.45, 2.75) is 13.1 Å². The van der Waals surface area contributed by atoms with E-state index in [1.54, 1.807) is 35.7 Å². The molecule has 0 bridgehead atoms. The maximum atomic E-state index is 12.8. The summed E-state index contributed by atoms with van der Waals surface area (Å²) in [6.45, 7) is 0.738. The molecule has 0 saturated carbocycles. The van der Waals surface area contributed by atoms with Crippen LogP contribution in [0.1, 0.15) is 21.7 Å². The van der Waals surface area contributed by atoms with Gasteiger partial charge in [0.1, 0.15) is 10.1 Å². The Morgan fingerprint density at radius 3 is 2.74 bits per heavy atom. The molecule has 0 aromatic carbocycles. The second-order valence-corrected chi connectivity index (χ2v) is 7.13. The first-order valence-electron chi connectivity index (χ1n) is 6.79. The molecule has 4 nitrogen and oxygen atoms in total. The summed E-state index contributed by atoms with van der Waals surface area (Å²) in [6.07, 6.45) is 5.00. The minimum atomic E-state index is -0.196. The molecule has 3 aromatic rings. The van der Waals surface area contributed by atoms with Crippen LogP contribution in [0.4, 0.5) is 0 Å². The van der Waals surface area contributed by atoms with Gasteiger partial charge in [0.15, 0.2) is 0 Å². The summed E-state index contributed by atoms with van der Waals surface area (Å²) in [4.78, 5) is 18.6. The fourth-order valence-electron chi connectivity index (χ4n) is 2.16. The zero-order valence-electron chi connectivity index (χ0n) is 11.9. The molecule has 0 fully saturated rings. The van der Waals surface area contributed by atoms with E-state index in [2.05, 4.69) is 4.98 Å². The van der Waals surface area contributed by atoms with Gasteiger partial charge in [0, 0.05) is 18.9 Å². The fraction of sp³-hybridized carbons (Fsp3) is 0.125. The van der Waals surface area contributed by atoms with Crippen molar-refractivity contribution < 1.29 is 9.21 Å². The van der Waals surface area contributed by atoms with Crippen LogP contribution in [-0.4, -0.2) is 15.8 Å². The van der Waals surface area contributed by atoms with Gasteiger partial charge in [-0.25, -0.2) is 0 Å². The molecule has 0 saturated heterocycles. The first-order valence-corrected chi connectivity index (χ1v) is 8.36. The molecule has 118 valence electrons. The standard InChI is InChI=1S/C16H12Cl2N2O2S/c17-14-7-13(15(18)23-14)16(21)20(10-12-4-2-6-22-12)9-11-3-1-5-19-8-11/h1-8H,9-10H2. The molecule has 1 amide bonds. The Hall–Kier alpha value is -1.82. The number of furan rings is 1. The van der Waals surface area contributed by atoms with Crippen LogP contribution in [0.5, 0.6) is 0 Å². The lowest BCUT2D eigenvalue weighted by Crippen LogP contribution is -2.30. The minimum absolute atomic E-state index is 0.196. The van der Waals surface area contributed by atoms with Gasteiger partial charge in [0.2, 0.25) is 0 Å². The number of halogens is 2. The van der Waals surface area contributed by atoms with E-state index in [0.717, 1.165) is 5.56 Å². The zero-order valence-corrected chi connectivity index (χ0v) is 14.2. The Kier molecular flexibility index (Phi) is 5.00. The summed E-state index contributed by atoms with van der Waals surface area (Å²) in [5, 5.41) is 0. The molecule has 23 heavy (non-hydrogen) atoms. The van der Waals surface area contributed by atoms with Gasteiger partial charge in [-0.05, 0) is 29.8 Å². The van der Waals surface area contributed by atoms with E-state index in [0.29, 0.717) is 33.1 Å². The summed E-state index contributed by atoms with van der Waals surface area (Å²) in [5.41, 5.74) is 1.32. The van der Waals surface area contributed by atoms with Gasteiger partial charge in [-0.3, -0.25) is 9.78 Å². The van der Waals surface area contributed by atoms with Gasteiger partial charge in [-0.15, -0.1) is 11.3 Å². The van der Waals surface area contributed by atoms with E-state index in [1.165, 1.54) is 11.3 Å². The van der Waals surface area contributed by atoms with Crippen molar-refractivity contribution in [3.63, 3.8) is 0 Å². The van der Waals surface area contributed by atoms with Gasteiger partial charge in [-0.1, -0.05) is 29.3 Å². The Morgan fingerprint density at radius 1 is 1.26 bits per heavy atom. The average Bonchev–Trinajstić information content (AvgIpc) is 3.16. The van der Waals surface area contributed by atoms with Crippen molar-refractivity contribution in [1.29, 1.82) is 0 Å². The van der Waals surface area contributed by atoms with E-state index >= 15 is 0 Å². The molecule has 0 aliphatic carbocycles. The number of hydrogen-bond acceptors (Lipinski definition) is 4. The highest BCUT2D eigenvalue weighted by atomic mass is 35.5. The summed E-state index contributed by atoms with van der Waals surface area (Å²) in [7, 11) is 0. The predicted octanol–water partition coefficient (Wildman–Crippen LogP) is 4.89. The SMILES string of the molecule is O=C(c1cc(Cl)sc1Cl)N(Cc1cccnc1)Cc1ccco1. The molecular formula is C16H12Cl2N2O2S. The predicted molar refractivity (Wildman–Crippen MR) is 90.9 cm³/mol. The van der Waals surface area contributed by atoms with Crippen LogP contribution < -0.4 is 0 Å². The third-order valence-electron chi connectivity index (χ3n) is 3.20. The third kappa shape index (κ3) is 3.93. The van der Waals surface area contributed by atoms with Crippen LogP contribution in [0.2, 0.25) is 8.67 Å². The van der Waals surface area contributed by atoms with Crippen molar-refractivity contribution in [3.05, 3.63) is 74.5 Å². The first-order chi connectivity index (χ1) is 11.1. The van der Waals surface area contributed by atoms with Crippen molar-refractivity contribution >= 4 is 40.4 Å². The molecule has 7 heteroatoms. The van der Waals surface area contributed by atoms with E-state index in [-0.39, 0.29) is 5.91 Å². The van der Waals surface area contributed by atoms with Crippen molar-refractivity contribution in [2.24, 2.45) is 0 Å². The lowest BCUT2D eigenvalue weighted by Gasteiger charge is -2.21. The van der Waals surface area contributed by atoms with E-state index < -0.39 is 0 Å². The molecule has 0 atom stereocenters. The molecule has 0 aliphatic rings. The van der Waals surface area contributed by atoms with Gasteiger partial charge >= 0.3 is 0 Å². The second kappa shape index (κ2) is 7.17. The number of carbonyl (C=O) groups excluding carboxylic acids is 1. The highest BCUT2D eigenvalue weighted by molar-refractivity contribution is 7.20. The van der Waals surface area contributed by atoms with Gasteiger partial charge in [0.05, 0.1) is 22.7 Å². The topological polar surface area (TPSA) is 46.3 Å². The van der Waals surface area contributed by atoms with Crippen LogP contribution in [0.25, 0.3) is 0 Å². The maximum absolute atomic E-state index is 12.8. The van der Waals surface area contributed by atoms with Crippen molar-refractivity contribution in [3.8, 4) is 0 Å². The summed E-state index contributed by atoms with van der Waals surface area (Å²) in [6, 6.07) is 8.95. The molecular weight excluding hydrogens is 355 g/mol. The molecule has 3 heterocycles. The third-order valence-corrected chi connectivity index (χ3v) is 4.68. The number of hydrogen-bond donors (Lipinski definition) is 0. The Labute approximate surface area is 147 Å². The van der Waals surface area contributed by atoms with Gasteiger partial charge < -0.3 is 9.32 Å². The van der Waals surface area contributed by atoms with Crippen molar-refractivity contribution in [2.75, 3.05) is 0 Å². The Balaban J connectivity index is 1.87.